The van der Waals surface area contributed by atoms with Gasteiger partial charge in [-0.05, 0) is 32.3 Å². The molecule has 3 unspecified atom stereocenters. The zero-order valence-corrected chi connectivity index (χ0v) is 11.4. The molecule has 1 aromatic carbocycles. The molecule has 4 heteroatoms. The van der Waals surface area contributed by atoms with Gasteiger partial charge in [-0.1, -0.05) is 30.3 Å². The highest BCUT2D eigenvalue weighted by Crippen LogP contribution is 2.22. The Morgan fingerprint density at radius 2 is 1.84 bits per heavy atom. The van der Waals surface area contributed by atoms with E-state index >= 15 is 0 Å². The molecule has 0 aliphatic carbocycles. The van der Waals surface area contributed by atoms with Crippen molar-refractivity contribution >= 4 is 5.97 Å². The van der Waals surface area contributed by atoms with Gasteiger partial charge < -0.3 is 9.84 Å². The average molecular weight is 263 g/mol. The number of nitrogens with one attached hydrogen (secondary N) is 1. The van der Waals surface area contributed by atoms with Crippen molar-refractivity contribution in [3.63, 3.8) is 0 Å². The maximum atomic E-state index is 11.4. The standard InChI is InChI=1S/C15H21NO3/c1-10-8-13(9-11(2)19-10)16-14(15(17)18)12-6-4-3-5-7-12/h3-7,10-11,13-14,16H,8-9H2,1-2H3,(H,17,18). The Hall–Kier alpha value is -1.39. The Labute approximate surface area is 113 Å². The van der Waals surface area contributed by atoms with Crippen molar-refractivity contribution in [3.8, 4) is 0 Å². The molecule has 2 N–H and O–H groups in total. The summed E-state index contributed by atoms with van der Waals surface area (Å²) in [7, 11) is 0. The summed E-state index contributed by atoms with van der Waals surface area (Å²) in [6.45, 7) is 4.06. The third-order valence-corrected chi connectivity index (χ3v) is 3.48. The quantitative estimate of drug-likeness (QED) is 0.875. The molecule has 1 fully saturated rings. The molecule has 1 aliphatic heterocycles. The minimum Gasteiger partial charge on any atom is -0.480 e. The zero-order valence-electron chi connectivity index (χ0n) is 11.4. The van der Waals surface area contributed by atoms with E-state index in [-0.39, 0.29) is 18.2 Å². The number of benzene rings is 1. The van der Waals surface area contributed by atoms with E-state index in [4.69, 9.17) is 4.74 Å². The Balaban J connectivity index is 2.07. The van der Waals surface area contributed by atoms with E-state index in [9.17, 15) is 9.90 Å². The lowest BCUT2D eigenvalue weighted by molar-refractivity contribution is -0.140. The molecule has 1 aliphatic rings. The van der Waals surface area contributed by atoms with Crippen LogP contribution >= 0.6 is 0 Å². The maximum Gasteiger partial charge on any atom is 0.325 e. The van der Waals surface area contributed by atoms with Gasteiger partial charge in [0.1, 0.15) is 6.04 Å². The molecule has 1 heterocycles. The molecular weight excluding hydrogens is 242 g/mol. The third kappa shape index (κ3) is 3.78. The lowest BCUT2D eigenvalue weighted by Gasteiger charge is -2.34. The van der Waals surface area contributed by atoms with Crippen LogP contribution in [-0.4, -0.2) is 29.3 Å². The van der Waals surface area contributed by atoms with Gasteiger partial charge in [0.15, 0.2) is 0 Å². The van der Waals surface area contributed by atoms with Crippen LogP contribution in [0.25, 0.3) is 0 Å². The van der Waals surface area contributed by atoms with Crippen LogP contribution in [0, 0.1) is 0 Å². The highest BCUT2D eigenvalue weighted by atomic mass is 16.5. The fourth-order valence-electron chi connectivity index (χ4n) is 2.73. The molecule has 0 radical (unpaired) electrons. The molecule has 104 valence electrons. The topological polar surface area (TPSA) is 58.6 Å². The molecule has 2 rings (SSSR count). The summed E-state index contributed by atoms with van der Waals surface area (Å²) in [4.78, 5) is 11.4. The van der Waals surface area contributed by atoms with Crippen LogP contribution in [0.3, 0.4) is 0 Å². The predicted molar refractivity (Wildman–Crippen MR) is 73.0 cm³/mol. The van der Waals surface area contributed by atoms with E-state index in [1.165, 1.54) is 0 Å². The fourth-order valence-corrected chi connectivity index (χ4v) is 2.73. The van der Waals surface area contributed by atoms with Crippen molar-refractivity contribution in [2.45, 2.75) is 51.0 Å². The lowest BCUT2D eigenvalue weighted by atomic mass is 9.97. The molecule has 1 aromatic rings. The molecule has 0 saturated carbocycles. The summed E-state index contributed by atoms with van der Waals surface area (Å²) in [5.74, 6) is -0.835. The minimum atomic E-state index is -0.835. The monoisotopic (exact) mass is 263 g/mol. The van der Waals surface area contributed by atoms with Gasteiger partial charge in [0, 0.05) is 6.04 Å². The van der Waals surface area contributed by atoms with Gasteiger partial charge in [-0.15, -0.1) is 0 Å². The Morgan fingerprint density at radius 3 is 2.37 bits per heavy atom. The summed E-state index contributed by atoms with van der Waals surface area (Å²) in [6, 6.07) is 8.84. The van der Waals surface area contributed by atoms with Crippen LogP contribution < -0.4 is 5.32 Å². The average Bonchev–Trinajstić information content (AvgIpc) is 2.35. The summed E-state index contributed by atoms with van der Waals surface area (Å²) in [5, 5.41) is 12.6. The summed E-state index contributed by atoms with van der Waals surface area (Å²) >= 11 is 0. The Morgan fingerprint density at radius 1 is 1.26 bits per heavy atom. The van der Waals surface area contributed by atoms with Crippen molar-refractivity contribution in [1.29, 1.82) is 0 Å². The Bertz CT molecular complexity index is 411. The van der Waals surface area contributed by atoms with Crippen molar-refractivity contribution in [2.75, 3.05) is 0 Å². The summed E-state index contributed by atoms with van der Waals surface area (Å²) < 4.78 is 5.68. The largest absolute Gasteiger partial charge is 0.480 e. The van der Waals surface area contributed by atoms with Crippen molar-refractivity contribution in [3.05, 3.63) is 35.9 Å². The molecule has 19 heavy (non-hydrogen) atoms. The smallest absolute Gasteiger partial charge is 0.325 e. The summed E-state index contributed by atoms with van der Waals surface area (Å²) in [6.07, 6.45) is 2.04. The number of carboxylic acid groups (broad SMARTS) is 1. The highest BCUT2D eigenvalue weighted by molar-refractivity contribution is 5.75. The molecule has 0 spiro atoms. The van der Waals surface area contributed by atoms with E-state index < -0.39 is 12.0 Å². The van der Waals surface area contributed by atoms with Gasteiger partial charge >= 0.3 is 5.97 Å². The SMILES string of the molecule is CC1CC(NC(C(=O)O)c2ccccc2)CC(C)O1. The number of aliphatic carboxylic acids is 1. The van der Waals surface area contributed by atoms with Gasteiger partial charge in [-0.3, -0.25) is 10.1 Å². The second kappa shape index (κ2) is 6.17. The van der Waals surface area contributed by atoms with Gasteiger partial charge in [-0.2, -0.15) is 0 Å². The first-order valence-electron chi connectivity index (χ1n) is 6.75. The van der Waals surface area contributed by atoms with E-state index in [0.29, 0.717) is 0 Å². The first-order chi connectivity index (χ1) is 9.06. The Kier molecular flexibility index (Phi) is 4.56. The van der Waals surface area contributed by atoms with Gasteiger partial charge in [0.05, 0.1) is 12.2 Å². The van der Waals surface area contributed by atoms with E-state index in [1.807, 2.05) is 44.2 Å². The third-order valence-electron chi connectivity index (χ3n) is 3.48. The van der Waals surface area contributed by atoms with Crippen LogP contribution in [0.1, 0.15) is 38.3 Å². The lowest BCUT2D eigenvalue weighted by Crippen LogP contribution is -2.44. The molecular formula is C15H21NO3. The van der Waals surface area contributed by atoms with Crippen LogP contribution in [0.4, 0.5) is 0 Å². The molecule has 0 amide bonds. The molecule has 4 nitrogen and oxygen atoms in total. The number of hydrogen-bond acceptors (Lipinski definition) is 3. The van der Waals surface area contributed by atoms with Crippen LogP contribution in [0.5, 0.6) is 0 Å². The number of carbonyl (C=O) groups is 1. The molecule has 1 saturated heterocycles. The predicted octanol–water partition coefficient (Wildman–Crippen LogP) is 2.36. The van der Waals surface area contributed by atoms with E-state index in [1.54, 1.807) is 0 Å². The number of ether oxygens (including phenoxy) is 1. The summed E-state index contributed by atoms with van der Waals surface area (Å²) in [5.41, 5.74) is 0.793. The second-order valence-electron chi connectivity index (χ2n) is 5.27. The van der Waals surface area contributed by atoms with Crippen molar-refractivity contribution < 1.29 is 14.6 Å². The zero-order chi connectivity index (χ0) is 13.8. The molecule has 3 atom stereocenters. The van der Waals surface area contributed by atoms with Gasteiger partial charge in [0.2, 0.25) is 0 Å². The van der Waals surface area contributed by atoms with Gasteiger partial charge in [-0.25, -0.2) is 0 Å². The number of carboxylic acids is 1. The molecule has 0 bridgehead atoms. The van der Waals surface area contributed by atoms with Gasteiger partial charge in [0.25, 0.3) is 0 Å². The minimum absolute atomic E-state index is 0.173. The van der Waals surface area contributed by atoms with E-state index in [2.05, 4.69) is 5.32 Å². The number of rotatable bonds is 4. The van der Waals surface area contributed by atoms with E-state index in [0.717, 1.165) is 18.4 Å². The van der Waals surface area contributed by atoms with Crippen LogP contribution in [-0.2, 0) is 9.53 Å². The fraction of sp³-hybridized carbons (Fsp3) is 0.533. The van der Waals surface area contributed by atoms with Crippen molar-refractivity contribution in [2.24, 2.45) is 0 Å². The first kappa shape index (κ1) is 14.0. The van der Waals surface area contributed by atoms with Crippen LogP contribution in [0.15, 0.2) is 30.3 Å². The maximum absolute atomic E-state index is 11.4. The number of hydrogen-bond donors (Lipinski definition) is 2. The first-order valence-corrected chi connectivity index (χ1v) is 6.75. The normalized spacial score (nSPS) is 28.8. The second-order valence-corrected chi connectivity index (χ2v) is 5.27. The van der Waals surface area contributed by atoms with Crippen molar-refractivity contribution in [1.82, 2.24) is 5.32 Å². The molecule has 0 aromatic heterocycles. The highest BCUT2D eigenvalue weighted by Gasteiger charge is 2.29. The van der Waals surface area contributed by atoms with Crippen LogP contribution in [0.2, 0.25) is 0 Å².